The Morgan fingerprint density at radius 3 is 2.50 bits per heavy atom. The van der Waals surface area contributed by atoms with Crippen LogP contribution in [-0.2, 0) is 16.6 Å². The van der Waals surface area contributed by atoms with Crippen LogP contribution in [-0.4, -0.2) is 70.3 Å². The summed E-state index contributed by atoms with van der Waals surface area (Å²) in [5, 5.41) is 19.3. The first-order valence-corrected chi connectivity index (χ1v) is 13.5. The van der Waals surface area contributed by atoms with Gasteiger partial charge in [0.15, 0.2) is 5.82 Å². The minimum atomic E-state index is -3.56. The molecule has 36 heavy (non-hydrogen) atoms. The van der Waals surface area contributed by atoms with Gasteiger partial charge >= 0.3 is 0 Å². The van der Waals surface area contributed by atoms with Crippen molar-refractivity contribution in [3.63, 3.8) is 0 Å². The maximum absolute atomic E-state index is 13.5. The number of H-pyrrole nitrogens is 1. The Morgan fingerprint density at radius 2 is 1.86 bits per heavy atom. The van der Waals surface area contributed by atoms with Gasteiger partial charge in [0.25, 0.3) is 0 Å². The summed E-state index contributed by atoms with van der Waals surface area (Å²) in [6.07, 6.45) is 4.09. The number of anilines is 3. The van der Waals surface area contributed by atoms with Gasteiger partial charge in [0.05, 0.1) is 24.3 Å². The van der Waals surface area contributed by atoms with Gasteiger partial charge in [-0.1, -0.05) is 24.6 Å². The maximum Gasteiger partial charge on any atom is 0.243 e. The molecule has 192 valence electrons. The minimum Gasteiger partial charge on any atom is -0.481 e. The topological polar surface area (TPSA) is 137 Å². The molecule has 0 unspecified atom stereocenters. The summed E-state index contributed by atoms with van der Waals surface area (Å²) >= 11 is 0. The number of rotatable bonds is 8. The van der Waals surface area contributed by atoms with Crippen molar-refractivity contribution in [3.8, 4) is 5.88 Å². The Morgan fingerprint density at radius 1 is 1.14 bits per heavy atom. The number of benzene rings is 1. The van der Waals surface area contributed by atoms with Gasteiger partial charge in [0.1, 0.15) is 5.82 Å². The predicted octanol–water partition coefficient (Wildman–Crippen LogP) is 2.65. The molecule has 2 aliphatic heterocycles. The highest BCUT2D eigenvalue weighted by Gasteiger charge is 2.46. The molecule has 2 saturated heterocycles. The lowest BCUT2D eigenvalue weighted by Crippen LogP contribution is -2.58. The van der Waals surface area contributed by atoms with Crippen LogP contribution in [0.5, 0.6) is 5.88 Å². The fourth-order valence-electron chi connectivity index (χ4n) is 5.27. The van der Waals surface area contributed by atoms with Crippen LogP contribution in [0, 0.1) is 0 Å². The van der Waals surface area contributed by atoms with Crippen LogP contribution in [0.2, 0.25) is 0 Å². The minimum absolute atomic E-state index is 0.0701. The Hall–Kier alpha value is -3.22. The Balaban J connectivity index is 1.37. The highest BCUT2D eigenvalue weighted by molar-refractivity contribution is 7.89. The largest absolute Gasteiger partial charge is 0.481 e. The number of ether oxygens (including phenoxy) is 1. The summed E-state index contributed by atoms with van der Waals surface area (Å²) in [7, 11) is -0.0710. The van der Waals surface area contributed by atoms with Gasteiger partial charge < -0.3 is 20.1 Å². The Kier molecular flexibility index (Phi) is 6.82. The van der Waals surface area contributed by atoms with E-state index in [1.54, 1.807) is 47.8 Å². The zero-order valence-corrected chi connectivity index (χ0v) is 21.1. The van der Waals surface area contributed by atoms with Gasteiger partial charge in [-0.3, -0.25) is 5.10 Å². The third-order valence-corrected chi connectivity index (χ3v) is 9.04. The zero-order chi connectivity index (χ0) is 25.3. The quantitative estimate of drug-likeness (QED) is 0.415. The first-order chi connectivity index (χ1) is 17.4. The summed E-state index contributed by atoms with van der Waals surface area (Å²) in [6.45, 7) is -0.142. The predicted molar refractivity (Wildman–Crippen MR) is 135 cm³/mol. The highest BCUT2D eigenvalue weighted by Crippen LogP contribution is 2.40. The van der Waals surface area contributed by atoms with Crippen LogP contribution in [0.25, 0.3) is 0 Å². The Labute approximate surface area is 210 Å². The molecule has 3 atom stereocenters. The maximum atomic E-state index is 13.5. The van der Waals surface area contributed by atoms with E-state index in [2.05, 4.69) is 25.5 Å². The second-order valence-corrected chi connectivity index (χ2v) is 11.1. The number of aliphatic hydroxyl groups excluding tert-OH is 1. The summed E-state index contributed by atoms with van der Waals surface area (Å²) in [6, 6.07) is 12.0. The fourth-order valence-corrected chi connectivity index (χ4v) is 7.19. The molecule has 0 saturated carbocycles. The van der Waals surface area contributed by atoms with Gasteiger partial charge in [-0.2, -0.15) is 19.4 Å². The molecule has 2 fully saturated rings. The average Bonchev–Trinajstić information content (AvgIpc) is 3.35. The number of piperidine rings is 2. The molecular formula is C24H31N7O4S. The van der Waals surface area contributed by atoms with E-state index < -0.39 is 10.0 Å². The van der Waals surface area contributed by atoms with Gasteiger partial charge in [-0.15, -0.1) is 0 Å². The van der Waals surface area contributed by atoms with E-state index in [-0.39, 0.29) is 24.7 Å². The van der Waals surface area contributed by atoms with Gasteiger partial charge in [0.2, 0.25) is 21.9 Å². The molecule has 3 aromatic rings. The molecule has 5 rings (SSSR count). The van der Waals surface area contributed by atoms with Crippen molar-refractivity contribution in [1.29, 1.82) is 0 Å². The lowest BCUT2D eigenvalue weighted by molar-refractivity contribution is 0.109. The SMILES string of the molecule is COc1cc(Nc2cc(CO)[nH]n2)nc(N(C)[C@@H]2C[C@H]3CCC[C@@H](C2)N3S(=O)(=O)c2ccccc2)n1. The van der Waals surface area contributed by atoms with E-state index in [9.17, 15) is 13.5 Å². The summed E-state index contributed by atoms with van der Waals surface area (Å²) < 4.78 is 34.2. The normalized spacial score (nSPS) is 22.2. The van der Waals surface area contributed by atoms with Crippen molar-refractivity contribution in [2.75, 3.05) is 24.4 Å². The standard InChI is InChI=1S/C24H31N7O4S/c1-30(24-26-21(14-23(27-24)35-2)25-22-11-16(15-32)28-29-22)19-12-17-7-6-8-18(13-19)31(17)36(33,34)20-9-4-3-5-10-20/h3-5,9-11,14,17-19,32H,6-8,12-13,15H2,1-2H3,(H2,25,26,27,28,29)/t17-,18+,19-. The summed E-state index contributed by atoms with van der Waals surface area (Å²) in [5.74, 6) is 1.90. The highest BCUT2D eigenvalue weighted by atomic mass is 32.2. The number of sulfonamides is 1. The van der Waals surface area contributed by atoms with Crippen LogP contribution >= 0.6 is 0 Å². The van der Waals surface area contributed by atoms with Gasteiger partial charge in [0, 0.05) is 37.3 Å². The molecule has 2 aromatic heterocycles. The molecule has 0 aliphatic carbocycles. The molecule has 0 radical (unpaired) electrons. The molecule has 0 amide bonds. The van der Waals surface area contributed by atoms with E-state index >= 15 is 0 Å². The van der Waals surface area contributed by atoms with Crippen molar-refractivity contribution >= 4 is 27.6 Å². The van der Waals surface area contributed by atoms with Crippen molar-refractivity contribution in [2.24, 2.45) is 0 Å². The van der Waals surface area contributed by atoms with Crippen LogP contribution in [0.3, 0.4) is 0 Å². The number of aromatic amines is 1. The number of hydrogen-bond donors (Lipinski definition) is 3. The lowest BCUT2D eigenvalue weighted by atomic mass is 9.83. The zero-order valence-electron chi connectivity index (χ0n) is 20.3. The number of methoxy groups -OCH3 is 1. The number of aliphatic hydroxyl groups is 1. The lowest BCUT2D eigenvalue weighted by Gasteiger charge is -2.49. The number of nitrogens with one attached hydrogen (secondary N) is 2. The first-order valence-electron chi connectivity index (χ1n) is 12.1. The number of hydrogen-bond acceptors (Lipinski definition) is 9. The molecule has 4 heterocycles. The molecule has 1 aromatic carbocycles. The van der Waals surface area contributed by atoms with Crippen LogP contribution in [0.1, 0.15) is 37.8 Å². The van der Waals surface area contributed by atoms with Crippen molar-refractivity contribution < 1.29 is 18.3 Å². The second-order valence-electron chi connectivity index (χ2n) is 9.28. The van der Waals surface area contributed by atoms with Gasteiger partial charge in [-0.25, -0.2) is 8.42 Å². The molecule has 12 heteroatoms. The number of nitrogens with zero attached hydrogens (tertiary/aromatic N) is 5. The number of fused-ring (bicyclic) bond motifs is 2. The third-order valence-electron chi connectivity index (χ3n) is 7.02. The molecule has 2 bridgehead atoms. The smallest absolute Gasteiger partial charge is 0.243 e. The summed E-state index contributed by atoms with van der Waals surface area (Å²) in [5.41, 5.74) is 0.583. The summed E-state index contributed by atoms with van der Waals surface area (Å²) in [4.78, 5) is 11.6. The fraction of sp³-hybridized carbons (Fsp3) is 0.458. The molecule has 3 N–H and O–H groups in total. The Bertz CT molecular complexity index is 1290. The van der Waals surface area contributed by atoms with E-state index in [4.69, 9.17) is 4.74 Å². The third kappa shape index (κ3) is 4.75. The first kappa shape index (κ1) is 24.5. The molecule has 0 spiro atoms. The average molecular weight is 514 g/mol. The van der Waals surface area contributed by atoms with E-state index in [0.717, 1.165) is 19.3 Å². The second kappa shape index (κ2) is 10.0. The van der Waals surface area contributed by atoms with Crippen LogP contribution in [0.15, 0.2) is 47.4 Å². The monoisotopic (exact) mass is 513 g/mol. The van der Waals surface area contributed by atoms with Crippen LogP contribution < -0.4 is 15.0 Å². The van der Waals surface area contributed by atoms with Crippen molar-refractivity contribution in [2.45, 2.75) is 61.7 Å². The van der Waals surface area contributed by atoms with Crippen molar-refractivity contribution in [1.82, 2.24) is 24.5 Å². The van der Waals surface area contributed by atoms with Crippen LogP contribution in [0.4, 0.5) is 17.6 Å². The molecule has 11 nitrogen and oxygen atoms in total. The molecular weight excluding hydrogens is 482 g/mol. The molecule has 2 aliphatic rings. The van der Waals surface area contributed by atoms with E-state index in [1.807, 2.05) is 18.0 Å². The van der Waals surface area contributed by atoms with E-state index in [0.29, 0.717) is 46.9 Å². The van der Waals surface area contributed by atoms with E-state index in [1.165, 1.54) is 0 Å². The van der Waals surface area contributed by atoms with Crippen molar-refractivity contribution in [3.05, 3.63) is 48.2 Å². The number of aromatic nitrogens is 4. The van der Waals surface area contributed by atoms with Gasteiger partial charge in [-0.05, 0) is 37.8 Å².